The molecule has 1 aromatic carbocycles. The summed E-state index contributed by atoms with van der Waals surface area (Å²) in [4.78, 5) is 41.3. The number of carbonyl (C=O) groups excluding carboxylic acids is 2. The van der Waals surface area contributed by atoms with Crippen LogP contribution in [0.2, 0.25) is 0 Å². The van der Waals surface area contributed by atoms with Crippen molar-refractivity contribution < 1.29 is 19.1 Å². The standard InChI is InChI=1S/C23H30N4O5/c1-4-31-23(30)16-10-12-27(13-11-16)20(28)9-8-19-22(29)24-21(26-25-19)17-6-5-7-18(14-17)32-15(2)3/h5-7,14-16H,4,8-13H2,1-3H3,(H,24,26,29). The third-order valence-electron chi connectivity index (χ3n) is 5.29. The smallest absolute Gasteiger partial charge is 0.309 e. The lowest BCUT2D eigenvalue weighted by atomic mass is 9.96. The molecular weight excluding hydrogens is 412 g/mol. The lowest BCUT2D eigenvalue weighted by molar-refractivity contribution is -0.151. The van der Waals surface area contributed by atoms with Gasteiger partial charge in [0.1, 0.15) is 11.4 Å². The van der Waals surface area contributed by atoms with Crippen molar-refractivity contribution in [3.05, 3.63) is 40.3 Å². The predicted octanol–water partition coefficient (Wildman–Crippen LogP) is 2.35. The number of aryl methyl sites for hydroxylation is 1. The molecule has 0 bridgehead atoms. The average Bonchev–Trinajstić information content (AvgIpc) is 2.78. The molecule has 0 spiro atoms. The Bertz CT molecular complexity index is 996. The van der Waals surface area contributed by atoms with Crippen LogP contribution in [0, 0.1) is 5.92 Å². The molecule has 1 N–H and O–H groups in total. The number of nitrogens with zero attached hydrogens (tertiary/aromatic N) is 3. The van der Waals surface area contributed by atoms with Crippen molar-refractivity contribution >= 4 is 11.9 Å². The number of piperidine rings is 1. The molecule has 1 fully saturated rings. The molecule has 1 aliphatic rings. The number of aromatic nitrogens is 3. The average molecular weight is 443 g/mol. The topological polar surface area (TPSA) is 114 Å². The summed E-state index contributed by atoms with van der Waals surface area (Å²) in [5.41, 5.74) is 0.553. The Hall–Kier alpha value is -3.23. The second kappa shape index (κ2) is 10.9. The fourth-order valence-electron chi connectivity index (χ4n) is 3.65. The van der Waals surface area contributed by atoms with Crippen LogP contribution in [0.4, 0.5) is 0 Å². The second-order valence-corrected chi connectivity index (χ2v) is 8.05. The first kappa shape index (κ1) is 23.4. The van der Waals surface area contributed by atoms with Crippen molar-refractivity contribution in [3.63, 3.8) is 0 Å². The molecule has 1 amide bonds. The minimum absolute atomic E-state index is 0.0336. The van der Waals surface area contributed by atoms with Crippen LogP contribution in [0.5, 0.6) is 5.75 Å². The highest BCUT2D eigenvalue weighted by atomic mass is 16.5. The van der Waals surface area contributed by atoms with Crippen molar-refractivity contribution in [1.82, 2.24) is 20.1 Å². The number of carbonyl (C=O) groups is 2. The van der Waals surface area contributed by atoms with Gasteiger partial charge in [-0.25, -0.2) is 0 Å². The summed E-state index contributed by atoms with van der Waals surface area (Å²) in [5.74, 6) is 0.630. The Balaban J connectivity index is 1.56. The highest BCUT2D eigenvalue weighted by molar-refractivity contribution is 5.77. The van der Waals surface area contributed by atoms with Crippen LogP contribution in [0.1, 0.15) is 45.7 Å². The van der Waals surface area contributed by atoms with Gasteiger partial charge in [-0.1, -0.05) is 12.1 Å². The minimum Gasteiger partial charge on any atom is -0.491 e. The van der Waals surface area contributed by atoms with Crippen molar-refractivity contribution in [3.8, 4) is 17.1 Å². The van der Waals surface area contributed by atoms with E-state index in [1.54, 1.807) is 17.9 Å². The second-order valence-electron chi connectivity index (χ2n) is 8.05. The number of likely N-dealkylation sites (tertiary alicyclic amines) is 1. The molecule has 1 aromatic heterocycles. The Labute approximate surface area is 187 Å². The zero-order valence-electron chi connectivity index (χ0n) is 18.8. The predicted molar refractivity (Wildman–Crippen MR) is 118 cm³/mol. The molecule has 1 aliphatic heterocycles. The Morgan fingerprint density at radius 3 is 2.62 bits per heavy atom. The van der Waals surface area contributed by atoms with Crippen LogP contribution in [0.3, 0.4) is 0 Å². The van der Waals surface area contributed by atoms with Crippen molar-refractivity contribution in [2.75, 3.05) is 19.7 Å². The SMILES string of the molecule is CCOC(=O)C1CCN(C(=O)CCc2nnc(-c3cccc(OC(C)C)c3)[nH]c2=O)CC1. The lowest BCUT2D eigenvalue weighted by Gasteiger charge is -2.30. The highest BCUT2D eigenvalue weighted by Crippen LogP contribution is 2.21. The number of ether oxygens (including phenoxy) is 2. The maximum absolute atomic E-state index is 12.5. The van der Waals surface area contributed by atoms with Crippen molar-refractivity contribution in [2.45, 2.75) is 52.6 Å². The Morgan fingerprint density at radius 1 is 1.22 bits per heavy atom. The van der Waals surface area contributed by atoms with Gasteiger partial charge in [0.2, 0.25) is 5.91 Å². The zero-order valence-corrected chi connectivity index (χ0v) is 18.8. The number of nitrogens with one attached hydrogen (secondary N) is 1. The molecular formula is C23H30N4O5. The van der Waals surface area contributed by atoms with E-state index in [4.69, 9.17) is 9.47 Å². The van der Waals surface area contributed by atoms with Gasteiger partial charge in [-0.15, -0.1) is 10.2 Å². The van der Waals surface area contributed by atoms with Gasteiger partial charge in [-0.2, -0.15) is 0 Å². The molecule has 2 aromatic rings. The van der Waals surface area contributed by atoms with Gasteiger partial charge < -0.3 is 19.4 Å². The monoisotopic (exact) mass is 442 g/mol. The summed E-state index contributed by atoms with van der Waals surface area (Å²) in [6.07, 6.45) is 1.60. The first-order chi connectivity index (χ1) is 15.4. The van der Waals surface area contributed by atoms with E-state index >= 15 is 0 Å². The molecule has 0 atom stereocenters. The molecule has 0 saturated carbocycles. The zero-order chi connectivity index (χ0) is 23.1. The van der Waals surface area contributed by atoms with E-state index in [2.05, 4.69) is 15.2 Å². The third-order valence-corrected chi connectivity index (χ3v) is 5.29. The summed E-state index contributed by atoms with van der Waals surface area (Å²) in [7, 11) is 0. The summed E-state index contributed by atoms with van der Waals surface area (Å²) in [6, 6.07) is 7.27. The maximum atomic E-state index is 12.5. The van der Waals surface area contributed by atoms with Crippen LogP contribution < -0.4 is 10.3 Å². The van der Waals surface area contributed by atoms with E-state index in [1.165, 1.54) is 0 Å². The maximum Gasteiger partial charge on any atom is 0.309 e. The van der Waals surface area contributed by atoms with Gasteiger partial charge in [-0.05, 0) is 45.7 Å². The number of amides is 1. The third kappa shape index (κ3) is 6.15. The summed E-state index contributed by atoms with van der Waals surface area (Å²) < 4.78 is 10.7. The summed E-state index contributed by atoms with van der Waals surface area (Å²) in [5, 5.41) is 8.18. The first-order valence-electron chi connectivity index (χ1n) is 11.0. The highest BCUT2D eigenvalue weighted by Gasteiger charge is 2.28. The molecule has 9 nitrogen and oxygen atoms in total. The summed E-state index contributed by atoms with van der Waals surface area (Å²) >= 11 is 0. The lowest BCUT2D eigenvalue weighted by Crippen LogP contribution is -2.40. The van der Waals surface area contributed by atoms with Crippen LogP contribution in [-0.2, 0) is 20.7 Å². The van der Waals surface area contributed by atoms with E-state index in [9.17, 15) is 14.4 Å². The number of benzene rings is 1. The number of rotatable bonds is 8. The molecule has 0 unspecified atom stereocenters. The van der Waals surface area contributed by atoms with Gasteiger partial charge >= 0.3 is 5.97 Å². The van der Waals surface area contributed by atoms with Crippen LogP contribution >= 0.6 is 0 Å². The Morgan fingerprint density at radius 2 is 1.97 bits per heavy atom. The van der Waals surface area contributed by atoms with Gasteiger partial charge in [0.05, 0.1) is 18.6 Å². The molecule has 9 heteroatoms. The van der Waals surface area contributed by atoms with E-state index in [0.29, 0.717) is 49.7 Å². The van der Waals surface area contributed by atoms with Crippen LogP contribution in [0.25, 0.3) is 11.4 Å². The minimum atomic E-state index is -0.362. The van der Waals surface area contributed by atoms with E-state index in [1.807, 2.05) is 32.0 Å². The van der Waals surface area contributed by atoms with Crippen LogP contribution in [-0.4, -0.2) is 57.8 Å². The molecule has 0 aliphatic carbocycles. The molecule has 0 radical (unpaired) electrons. The fraction of sp³-hybridized carbons (Fsp3) is 0.522. The normalized spacial score (nSPS) is 14.4. The van der Waals surface area contributed by atoms with Gasteiger partial charge in [0.25, 0.3) is 5.56 Å². The van der Waals surface area contributed by atoms with Gasteiger partial charge in [0.15, 0.2) is 5.82 Å². The number of esters is 1. The molecule has 1 saturated heterocycles. The van der Waals surface area contributed by atoms with E-state index in [-0.39, 0.29) is 48.0 Å². The van der Waals surface area contributed by atoms with Crippen molar-refractivity contribution in [1.29, 1.82) is 0 Å². The number of aromatic amines is 1. The molecule has 3 rings (SSSR count). The van der Waals surface area contributed by atoms with Gasteiger partial charge in [-0.3, -0.25) is 14.4 Å². The molecule has 2 heterocycles. The van der Waals surface area contributed by atoms with E-state index < -0.39 is 0 Å². The molecule has 172 valence electrons. The van der Waals surface area contributed by atoms with Crippen molar-refractivity contribution in [2.24, 2.45) is 5.92 Å². The first-order valence-corrected chi connectivity index (χ1v) is 11.0. The number of hydrogen-bond acceptors (Lipinski definition) is 7. The van der Waals surface area contributed by atoms with E-state index in [0.717, 1.165) is 0 Å². The molecule has 32 heavy (non-hydrogen) atoms. The number of H-pyrrole nitrogens is 1. The summed E-state index contributed by atoms with van der Waals surface area (Å²) in [6.45, 7) is 7.05. The quantitative estimate of drug-likeness (QED) is 0.624. The van der Waals surface area contributed by atoms with Crippen LogP contribution in [0.15, 0.2) is 29.1 Å². The largest absolute Gasteiger partial charge is 0.491 e. The number of hydrogen-bond donors (Lipinski definition) is 1. The Kier molecular flexibility index (Phi) is 7.97. The van der Waals surface area contributed by atoms with Gasteiger partial charge in [0, 0.05) is 31.5 Å². The fourth-order valence-corrected chi connectivity index (χ4v) is 3.65.